The van der Waals surface area contributed by atoms with E-state index in [1.54, 1.807) is 24.3 Å². The SMILES string of the molecule is Cc1cc(/C=C/C(=O)Nc2ccc(CC(N)=O)cc2)c(C)n1-c1ccccc1. The molecule has 0 saturated carbocycles. The molecule has 0 aliphatic heterocycles. The third-order valence-corrected chi connectivity index (χ3v) is 4.50. The second kappa shape index (κ2) is 8.39. The number of carbonyl (C=O) groups is 2. The van der Waals surface area contributed by atoms with Gasteiger partial charge < -0.3 is 15.6 Å². The number of nitrogens with one attached hydrogen (secondary N) is 1. The first-order valence-electron chi connectivity index (χ1n) is 9.04. The molecule has 2 amide bonds. The molecule has 0 aliphatic rings. The molecule has 3 aromatic rings. The number of anilines is 1. The number of carbonyl (C=O) groups excluding carboxylic acids is 2. The number of nitrogens with two attached hydrogens (primary N) is 1. The maximum absolute atomic E-state index is 12.2. The van der Waals surface area contributed by atoms with E-state index in [0.717, 1.165) is 28.2 Å². The van der Waals surface area contributed by atoms with Gasteiger partial charge >= 0.3 is 0 Å². The molecule has 28 heavy (non-hydrogen) atoms. The summed E-state index contributed by atoms with van der Waals surface area (Å²) in [6, 6.07) is 19.2. The number of primary amides is 1. The lowest BCUT2D eigenvalue weighted by Crippen LogP contribution is -2.13. The van der Waals surface area contributed by atoms with Gasteiger partial charge in [-0.3, -0.25) is 9.59 Å². The van der Waals surface area contributed by atoms with Crippen LogP contribution < -0.4 is 11.1 Å². The van der Waals surface area contributed by atoms with Crippen molar-refractivity contribution in [2.75, 3.05) is 5.32 Å². The minimum atomic E-state index is -0.382. The van der Waals surface area contributed by atoms with Gasteiger partial charge in [-0.25, -0.2) is 0 Å². The Morgan fingerprint density at radius 3 is 2.36 bits per heavy atom. The number of rotatable bonds is 6. The van der Waals surface area contributed by atoms with Crippen LogP contribution in [0.15, 0.2) is 66.7 Å². The van der Waals surface area contributed by atoms with Crippen molar-refractivity contribution in [3.8, 4) is 5.69 Å². The van der Waals surface area contributed by atoms with E-state index < -0.39 is 0 Å². The Hall–Kier alpha value is -3.60. The highest BCUT2D eigenvalue weighted by Gasteiger charge is 2.09. The van der Waals surface area contributed by atoms with E-state index >= 15 is 0 Å². The maximum atomic E-state index is 12.2. The lowest BCUT2D eigenvalue weighted by molar-refractivity contribution is -0.117. The van der Waals surface area contributed by atoms with E-state index in [2.05, 4.69) is 28.1 Å². The predicted octanol–water partition coefficient (Wildman–Crippen LogP) is 3.77. The lowest BCUT2D eigenvalue weighted by Gasteiger charge is -2.09. The molecule has 0 radical (unpaired) electrons. The van der Waals surface area contributed by atoms with Gasteiger partial charge in [0.05, 0.1) is 6.42 Å². The molecule has 0 aliphatic carbocycles. The normalized spacial score (nSPS) is 10.9. The van der Waals surface area contributed by atoms with Crippen LogP contribution in [-0.4, -0.2) is 16.4 Å². The zero-order chi connectivity index (χ0) is 20.1. The summed E-state index contributed by atoms with van der Waals surface area (Å²) in [6.45, 7) is 4.08. The molecule has 2 aromatic carbocycles. The first kappa shape index (κ1) is 19.2. The van der Waals surface area contributed by atoms with Gasteiger partial charge in [0.15, 0.2) is 0 Å². The fraction of sp³-hybridized carbons (Fsp3) is 0.130. The maximum Gasteiger partial charge on any atom is 0.248 e. The number of aromatic nitrogens is 1. The number of benzene rings is 2. The van der Waals surface area contributed by atoms with Gasteiger partial charge in [0.25, 0.3) is 0 Å². The molecule has 0 spiro atoms. The van der Waals surface area contributed by atoms with Crippen LogP contribution in [0.5, 0.6) is 0 Å². The van der Waals surface area contributed by atoms with Crippen molar-refractivity contribution in [3.63, 3.8) is 0 Å². The highest BCUT2D eigenvalue weighted by molar-refractivity contribution is 6.02. The molecule has 1 aromatic heterocycles. The van der Waals surface area contributed by atoms with Crippen molar-refractivity contribution in [3.05, 3.63) is 89.3 Å². The monoisotopic (exact) mass is 373 g/mol. The molecular formula is C23H23N3O2. The Balaban J connectivity index is 1.70. The number of aryl methyl sites for hydroxylation is 1. The molecule has 1 heterocycles. The fourth-order valence-corrected chi connectivity index (χ4v) is 3.19. The molecule has 3 rings (SSSR count). The molecule has 142 valence electrons. The molecule has 5 heteroatoms. The molecule has 0 fully saturated rings. The van der Waals surface area contributed by atoms with Crippen molar-refractivity contribution in [1.82, 2.24) is 4.57 Å². The topological polar surface area (TPSA) is 77.1 Å². The first-order chi connectivity index (χ1) is 13.4. The van der Waals surface area contributed by atoms with Gasteiger partial charge in [0, 0.05) is 28.8 Å². The van der Waals surface area contributed by atoms with Crippen LogP contribution in [0, 0.1) is 13.8 Å². The fourth-order valence-electron chi connectivity index (χ4n) is 3.19. The molecule has 5 nitrogen and oxygen atoms in total. The second-order valence-corrected chi connectivity index (χ2v) is 6.66. The quantitative estimate of drug-likeness (QED) is 0.645. The van der Waals surface area contributed by atoms with Crippen LogP contribution in [0.3, 0.4) is 0 Å². The predicted molar refractivity (Wildman–Crippen MR) is 112 cm³/mol. The Labute approximate surface area is 164 Å². The number of para-hydroxylation sites is 1. The van der Waals surface area contributed by atoms with Gasteiger partial charge in [0.2, 0.25) is 11.8 Å². The smallest absolute Gasteiger partial charge is 0.248 e. The van der Waals surface area contributed by atoms with Crippen molar-refractivity contribution >= 4 is 23.6 Å². The largest absolute Gasteiger partial charge is 0.369 e. The molecular weight excluding hydrogens is 350 g/mol. The summed E-state index contributed by atoms with van der Waals surface area (Å²) in [5.74, 6) is -0.597. The average Bonchev–Trinajstić information content (AvgIpc) is 2.95. The molecule has 0 atom stereocenters. The van der Waals surface area contributed by atoms with Crippen LogP contribution in [-0.2, 0) is 16.0 Å². The van der Waals surface area contributed by atoms with E-state index in [-0.39, 0.29) is 18.2 Å². The van der Waals surface area contributed by atoms with Gasteiger partial charge in [-0.05, 0) is 61.4 Å². The van der Waals surface area contributed by atoms with E-state index in [0.29, 0.717) is 5.69 Å². The van der Waals surface area contributed by atoms with Crippen LogP contribution in [0.4, 0.5) is 5.69 Å². The average molecular weight is 373 g/mol. The van der Waals surface area contributed by atoms with Crippen molar-refractivity contribution in [1.29, 1.82) is 0 Å². The van der Waals surface area contributed by atoms with E-state index in [1.807, 2.05) is 38.1 Å². The van der Waals surface area contributed by atoms with E-state index in [1.165, 1.54) is 6.08 Å². The zero-order valence-electron chi connectivity index (χ0n) is 16.0. The summed E-state index contributed by atoms with van der Waals surface area (Å²) < 4.78 is 2.16. The highest BCUT2D eigenvalue weighted by Crippen LogP contribution is 2.21. The molecule has 0 bridgehead atoms. The number of hydrogen-bond donors (Lipinski definition) is 2. The summed E-state index contributed by atoms with van der Waals surface area (Å²) >= 11 is 0. The standard InChI is InChI=1S/C23H23N3O2/c1-16-14-19(17(2)26(16)21-6-4-3-5-7-21)10-13-23(28)25-20-11-8-18(9-12-20)15-22(24)27/h3-14H,15H2,1-2H3,(H2,24,27)(H,25,28)/b13-10+. The Bertz CT molecular complexity index is 1020. The summed E-state index contributed by atoms with van der Waals surface area (Å²) in [7, 11) is 0. The van der Waals surface area contributed by atoms with Crippen LogP contribution in [0.25, 0.3) is 11.8 Å². The minimum Gasteiger partial charge on any atom is -0.369 e. The van der Waals surface area contributed by atoms with Crippen LogP contribution in [0.2, 0.25) is 0 Å². The summed E-state index contributed by atoms with van der Waals surface area (Å²) in [6.07, 6.45) is 3.53. The number of hydrogen-bond acceptors (Lipinski definition) is 2. The van der Waals surface area contributed by atoms with Crippen LogP contribution >= 0.6 is 0 Å². The Kier molecular flexibility index (Phi) is 5.75. The van der Waals surface area contributed by atoms with Gasteiger partial charge in [-0.15, -0.1) is 0 Å². The second-order valence-electron chi connectivity index (χ2n) is 6.66. The lowest BCUT2D eigenvalue weighted by atomic mass is 10.1. The van der Waals surface area contributed by atoms with E-state index in [9.17, 15) is 9.59 Å². The third kappa shape index (κ3) is 4.57. The van der Waals surface area contributed by atoms with Crippen molar-refractivity contribution in [2.45, 2.75) is 20.3 Å². The van der Waals surface area contributed by atoms with Gasteiger partial charge in [-0.1, -0.05) is 30.3 Å². The molecule has 0 saturated heterocycles. The number of amides is 2. The first-order valence-corrected chi connectivity index (χ1v) is 9.04. The Morgan fingerprint density at radius 2 is 1.71 bits per heavy atom. The minimum absolute atomic E-state index is 0.186. The van der Waals surface area contributed by atoms with Gasteiger partial charge in [0.1, 0.15) is 0 Å². The molecule has 0 unspecified atom stereocenters. The third-order valence-electron chi connectivity index (χ3n) is 4.50. The zero-order valence-corrected chi connectivity index (χ0v) is 16.0. The Morgan fingerprint density at radius 1 is 1.04 bits per heavy atom. The van der Waals surface area contributed by atoms with Crippen molar-refractivity contribution in [2.24, 2.45) is 5.73 Å². The summed E-state index contributed by atoms with van der Waals surface area (Å²) in [5, 5.41) is 2.82. The van der Waals surface area contributed by atoms with E-state index in [4.69, 9.17) is 5.73 Å². The van der Waals surface area contributed by atoms with Crippen LogP contribution in [0.1, 0.15) is 22.5 Å². The van der Waals surface area contributed by atoms with Gasteiger partial charge in [-0.2, -0.15) is 0 Å². The number of nitrogens with zero attached hydrogens (tertiary/aromatic N) is 1. The summed E-state index contributed by atoms with van der Waals surface area (Å²) in [5.41, 5.74) is 10.9. The molecule has 3 N–H and O–H groups in total. The highest BCUT2D eigenvalue weighted by atomic mass is 16.1. The summed E-state index contributed by atoms with van der Waals surface area (Å²) in [4.78, 5) is 23.2. The van der Waals surface area contributed by atoms with Crippen molar-refractivity contribution < 1.29 is 9.59 Å².